The van der Waals surface area contributed by atoms with Gasteiger partial charge in [-0.05, 0) is 50.2 Å². The van der Waals surface area contributed by atoms with Crippen LogP contribution in [-0.2, 0) is 0 Å². The van der Waals surface area contributed by atoms with Gasteiger partial charge in [0.1, 0.15) is 5.69 Å². The minimum absolute atomic E-state index is 0.696. The average Bonchev–Trinajstić information content (AvgIpc) is 3.77. The number of hydrogen-bond acceptors (Lipinski definition) is 3. The van der Waals surface area contributed by atoms with E-state index in [9.17, 15) is 0 Å². The molecule has 12 aromatic rings. The van der Waals surface area contributed by atoms with Gasteiger partial charge < -0.3 is 0 Å². The smallest absolute Gasteiger partial charge is 0.160 e. The van der Waals surface area contributed by atoms with E-state index in [1.807, 2.05) is 24.3 Å². The minimum atomic E-state index is 0.696. The minimum Gasteiger partial charge on any atom is -0.231 e. The normalized spacial score (nSPS) is 11.5. The molecule has 0 aliphatic heterocycles. The molecule has 63 heavy (non-hydrogen) atoms. The molecule has 0 saturated heterocycles. The molecule has 0 unspecified atom stereocenters. The van der Waals surface area contributed by atoms with E-state index in [-0.39, 0.29) is 0 Å². The Hall–Kier alpha value is -8.47. The monoisotopic (exact) mass is 802 g/mol. The van der Waals surface area contributed by atoms with E-state index < -0.39 is 0 Å². The summed E-state index contributed by atoms with van der Waals surface area (Å²) in [5.74, 6) is 0.696. The van der Waals surface area contributed by atoms with Crippen LogP contribution in [0.5, 0.6) is 0 Å². The quantitative estimate of drug-likeness (QED) is 0.151. The first kappa shape index (κ1) is 36.4. The van der Waals surface area contributed by atoms with Gasteiger partial charge in [0.15, 0.2) is 5.82 Å². The first-order valence-electron chi connectivity index (χ1n) is 21.4. The van der Waals surface area contributed by atoms with Gasteiger partial charge in [0.2, 0.25) is 0 Å². The molecule has 0 spiro atoms. The Morgan fingerprint density at radius 1 is 0.317 bits per heavy atom. The van der Waals surface area contributed by atoms with Crippen LogP contribution in [0.15, 0.2) is 231 Å². The van der Waals surface area contributed by atoms with Crippen molar-refractivity contribution >= 4 is 37.8 Å². The third-order valence-corrected chi connectivity index (χ3v) is 12.2. The molecule has 3 heterocycles. The van der Waals surface area contributed by atoms with Crippen LogP contribution in [0.4, 0.5) is 0 Å². The topological polar surface area (TPSA) is 43.1 Å². The summed E-state index contributed by atoms with van der Waals surface area (Å²) in [5, 5.41) is 12.9. The molecule has 0 amide bonds. The summed E-state index contributed by atoms with van der Waals surface area (Å²) in [6.07, 6.45) is 0. The van der Waals surface area contributed by atoms with Crippen molar-refractivity contribution in [2.45, 2.75) is 0 Å². The van der Waals surface area contributed by atoms with E-state index in [4.69, 9.17) is 15.1 Å². The highest BCUT2D eigenvalue weighted by molar-refractivity contribution is 6.18. The lowest BCUT2D eigenvalue weighted by Crippen LogP contribution is -2.00. The van der Waals surface area contributed by atoms with Crippen LogP contribution in [0.1, 0.15) is 0 Å². The predicted octanol–water partition coefficient (Wildman–Crippen LogP) is 15.3. The van der Waals surface area contributed by atoms with Crippen LogP contribution >= 0.6 is 0 Å². The fourth-order valence-electron chi connectivity index (χ4n) is 9.32. The van der Waals surface area contributed by atoms with Crippen molar-refractivity contribution in [3.8, 4) is 78.7 Å². The van der Waals surface area contributed by atoms with E-state index in [0.717, 1.165) is 89.1 Å². The zero-order valence-electron chi connectivity index (χ0n) is 34.2. The molecular weight excluding hydrogens is 765 g/mol. The Balaban J connectivity index is 1.13. The van der Waals surface area contributed by atoms with Gasteiger partial charge in [-0.1, -0.05) is 218 Å². The molecule has 12 rings (SSSR count). The van der Waals surface area contributed by atoms with Crippen LogP contribution in [-0.4, -0.2) is 19.6 Å². The van der Waals surface area contributed by atoms with Crippen molar-refractivity contribution in [1.29, 1.82) is 0 Å². The van der Waals surface area contributed by atoms with E-state index in [1.165, 1.54) is 21.5 Å². The molecular formula is C59H38N4. The Morgan fingerprint density at radius 3 is 1.43 bits per heavy atom. The molecule has 0 saturated carbocycles. The molecule has 4 heteroatoms. The Bertz CT molecular complexity index is 3580. The largest absolute Gasteiger partial charge is 0.231 e. The molecule has 4 nitrogen and oxygen atoms in total. The average molecular weight is 803 g/mol. The van der Waals surface area contributed by atoms with Gasteiger partial charge in [0, 0.05) is 44.3 Å². The Labute approximate surface area is 365 Å². The highest BCUT2D eigenvalue weighted by Gasteiger charge is 2.26. The van der Waals surface area contributed by atoms with Crippen molar-refractivity contribution in [2.24, 2.45) is 0 Å². The lowest BCUT2D eigenvalue weighted by molar-refractivity contribution is 0.981. The second kappa shape index (κ2) is 15.2. The summed E-state index contributed by atoms with van der Waals surface area (Å²) in [4.78, 5) is 10.2. The number of hydrogen-bond donors (Lipinski definition) is 0. The molecule has 3 aromatic heterocycles. The molecule has 0 radical (unpaired) electrons. The maximum atomic E-state index is 5.77. The van der Waals surface area contributed by atoms with E-state index in [2.05, 4.69) is 211 Å². The van der Waals surface area contributed by atoms with Crippen molar-refractivity contribution in [3.63, 3.8) is 0 Å². The van der Waals surface area contributed by atoms with Crippen LogP contribution in [0.3, 0.4) is 0 Å². The summed E-state index contributed by atoms with van der Waals surface area (Å²) >= 11 is 0. The highest BCUT2D eigenvalue weighted by Crippen LogP contribution is 2.47. The van der Waals surface area contributed by atoms with Gasteiger partial charge in [0.25, 0.3) is 0 Å². The SMILES string of the molecule is c1ccc(-c2cc(-c3ccc(-c4c(-c5ccccc5)n5nc(-c6cc7ccccc7c7ccccc67)c(-c6ccccc6)c5c5ccccc45)cc3)nc(-c3ccccc3)n2)cc1. The van der Waals surface area contributed by atoms with Gasteiger partial charge in [0.05, 0.1) is 22.6 Å². The first-order chi connectivity index (χ1) is 31.3. The first-order valence-corrected chi connectivity index (χ1v) is 21.4. The molecule has 294 valence electrons. The third kappa shape index (κ3) is 6.27. The lowest BCUT2D eigenvalue weighted by atomic mass is 9.89. The molecule has 0 atom stereocenters. The predicted molar refractivity (Wildman–Crippen MR) is 261 cm³/mol. The van der Waals surface area contributed by atoms with Gasteiger partial charge in [-0.15, -0.1) is 0 Å². The molecule has 0 fully saturated rings. The van der Waals surface area contributed by atoms with E-state index >= 15 is 0 Å². The maximum absolute atomic E-state index is 5.77. The number of benzene rings is 9. The van der Waals surface area contributed by atoms with Crippen LogP contribution in [0.2, 0.25) is 0 Å². The summed E-state index contributed by atoms with van der Waals surface area (Å²) < 4.78 is 2.23. The van der Waals surface area contributed by atoms with Crippen molar-refractivity contribution < 1.29 is 0 Å². The second-order valence-corrected chi connectivity index (χ2v) is 15.9. The zero-order valence-corrected chi connectivity index (χ0v) is 34.2. The van der Waals surface area contributed by atoms with E-state index in [0.29, 0.717) is 5.82 Å². The molecule has 9 aromatic carbocycles. The number of nitrogens with zero attached hydrogens (tertiary/aromatic N) is 4. The summed E-state index contributed by atoms with van der Waals surface area (Å²) in [5.41, 5.74) is 14.5. The van der Waals surface area contributed by atoms with Crippen LogP contribution < -0.4 is 0 Å². The maximum Gasteiger partial charge on any atom is 0.160 e. The van der Waals surface area contributed by atoms with E-state index in [1.54, 1.807) is 0 Å². The standard InChI is InChI=1S/C59H38N4/c1-5-19-39(20-6-1)52-38-53(61-59(60-52)44-25-11-4-12-26-44)40-33-35-42(36-34-40)54-49-31-17-18-32-50(49)58-55(41-21-7-2-8-22-41)56(62-63(58)57(54)43-23-9-3-10-24-43)51-37-45-27-13-14-28-46(45)47-29-15-16-30-48(47)51/h1-38H. The number of pyridine rings is 1. The summed E-state index contributed by atoms with van der Waals surface area (Å²) in [7, 11) is 0. The van der Waals surface area contributed by atoms with Gasteiger partial charge in [-0.3, -0.25) is 0 Å². The Morgan fingerprint density at radius 2 is 0.778 bits per heavy atom. The number of aromatic nitrogens is 4. The summed E-state index contributed by atoms with van der Waals surface area (Å²) in [6.45, 7) is 0. The summed E-state index contributed by atoms with van der Waals surface area (Å²) in [6, 6.07) is 81.6. The van der Waals surface area contributed by atoms with Gasteiger partial charge in [-0.2, -0.15) is 5.10 Å². The second-order valence-electron chi connectivity index (χ2n) is 15.9. The van der Waals surface area contributed by atoms with Crippen molar-refractivity contribution in [2.75, 3.05) is 0 Å². The lowest BCUT2D eigenvalue weighted by Gasteiger charge is -2.18. The molecule has 0 aliphatic rings. The van der Waals surface area contributed by atoms with Crippen LogP contribution in [0.25, 0.3) is 117 Å². The van der Waals surface area contributed by atoms with Crippen molar-refractivity contribution in [3.05, 3.63) is 231 Å². The number of rotatable bonds is 7. The van der Waals surface area contributed by atoms with Gasteiger partial charge in [-0.25, -0.2) is 14.5 Å². The zero-order chi connectivity index (χ0) is 41.7. The Kier molecular flexibility index (Phi) is 8.79. The molecule has 0 aliphatic carbocycles. The third-order valence-electron chi connectivity index (χ3n) is 12.2. The van der Waals surface area contributed by atoms with Crippen LogP contribution in [0, 0.1) is 0 Å². The highest BCUT2D eigenvalue weighted by atomic mass is 15.2. The molecule has 0 N–H and O–H groups in total. The fraction of sp³-hybridized carbons (Fsp3) is 0. The van der Waals surface area contributed by atoms with Gasteiger partial charge >= 0.3 is 0 Å². The molecule has 0 bridgehead atoms. The fourth-order valence-corrected chi connectivity index (χ4v) is 9.32. The number of fused-ring (bicyclic) bond motifs is 6. The van der Waals surface area contributed by atoms with Crippen molar-refractivity contribution in [1.82, 2.24) is 19.6 Å².